The van der Waals surface area contributed by atoms with Crippen LogP contribution in [0.1, 0.15) is 26.7 Å². The van der Waals surface area contributed by atoms with Crippen LogP contribution in [0.5, 0.6) is 0 Å². The maximum Gasteiger partial charge on any atom is 0.310 e. The van der Waals surface area contributed by atoms with Gasteiger partial charge in [-0.25, -0.2) is 0 Å². The van der Waals surface area contributed by atoms with Gasteiger partial charge in [0.2, 0.25) is 0 Å². The quantitative estimate of drug-likeness (QED) is 0.673. The summed E-state index contributed by atoms with van der Waals surface area (Å²) in [6.45, 7) is 4.67. The van der Waals surface area contributed by atoms with Crippen LogP contribution in [0.4, 0.5) is 0 Å². The highest BCUT2D eigenvalue weighted by molar-refractivity contribution is 5.83. The van der Waals surface area contributed by atoms with E-state index in [4.69, 9.17) is 4.74 Å². The molecule has 0 amide bonds. The number of esters is 1. The van der Waals surface area contributed by atoms with Crippen molar-refractivity contribution in [1.82, 2.24) is 5.32 Å². The van der Waals surface area contributed by atoms with Crippen molar-refractivity contribution < 1.29 is 14.3 Å². The van der Waals surface area contributed by atoms with E-state index in [0.29, 0.717) is 6.54 Å². The molecule has 1 heterocycles. The molecular formula is C10H17NO3. The van der Waals surface area contributed by atoms with Gasteiger partial charge in [0.15, 0.2) is 11.9 Å². The van der Waals surface area contributed by atoms with E-state index in [2.05, 4.69) is 5.32 Å². The van der Waals surface area contributed by atoms with Crippen molar-refractivity contribution in [3.63, 3.8) is 0 Å². The predicted molar refractivity (Wildman–Crippen MR) is 51.8 cm³/mol. The molecule has 4 nitrogen and oxygen atoms in total. The summed E-state index contributed by atoms with van der Waals surface area (Å²) in [5.41, 5.74) is 0. The molecule has 0 aromatic carbocycles. The normalized spacial score (nSPS) is 24.0. The topological polar surface area (TPSA) is 55.4 Å². The van der Waals surface area contributed by atoms with Crippen LogP contribution in [0, 0.1) is 5.92 Å². The van der Waals surface area contributed by atoms with Gasteiger partial charge in [0.25, 0.3) is 0 Å². The van der Waals surface area contributed by atoms with Gasteiger partial charge in [-0.2, -0.15) is 0 Å². The van der Waals surface area contributed by atoms with Crippen molar-refractivity contribution in [2.45, 2.75) is 32.8 Å². The van der Waals surface area contributed by atoms with E-state index < -0.39 is 6.10 Å². The number of hydrogen-bond acceptors (Lipinski definition) is 4. The molecule has 14 heavy (non-hydrogen) atoms. The van der Waals surface area contributed by atoms with Crippen molar-refractivity contribution >= 4 is 11.8 Å². The predicted octanol–water partition coefficient (Wildman–Crippen LogP) is 0.507. The van der Waals surface area contributed by atoms with Gasteiger partial charge in [0.05, 0.1) is 5.92 Å². The van der Waals surface area contributed by atoms with Gasteiger partial charge in [0, 0.05) is 6.54 Å². The zero-order chi connectivity index (χ0) is 10.6. The summed E-state index contributed by atoms with van der Waals surface area (Å²) in [5, 5.41) is 3.13. The number of hydrogen-bond donors (Lipinski definition) is 1. The molecule has 2 unspecified atom stereocenters. The molecule has 1 saturated heterocycles. The number of carbonyl (C=O) groups is 2. The zero-order valence-corrected chi connectivity index (χ0v) is 8.71. The molecule has 4 heteroatoms. The molecule has 0 aromatic rings. The fourth-order valence-electron chi connectivity index (χ4n) is 1.41. The summed E-state index contributed by atoms with van der Waals surface area (Å²) in [4.78, 5) is 22.4. The fraction of sp³-hybridized carbons (Fsp3) is 0.800. The smallest absolute Gasteiger partial charge is 0.310 e. The van der Waals surface area contributed by atoms with Gasteiger partial charge in [0.1, 0.15) is 0 Å². The molecule has 0 saturated carbocycles. The van der Waals surface area contributed by atoms with E-state index in [9.17, 15) is 9.59 Å². The molecule has 80 valence electrons. The molecule has 1 aliphatic heterocycles. The average molecular weight is 199 g/mol. The maximum absolute atomic E-state index is 11.5. The first-order chi connectivity index (χ1) is 6.61. The number of Topliss-reactive ketones (excluding diaryl/α,β-unsaturated/α-hetero) is 1. The number of nitrogens with one attached hydrogen (secondary N) is 1. The highest BCUT2D eigenvalue weighted by Gasteiger charge is 2.24. The summed E-state index contributed by atoms with van der Waals surface area (Å²) in [6, 6.07) is 0. The lowest BCUT2D eigenvalue weighted by Gasteiger charge is -2.22. The molecular weight excluding hydrogens is 182 g/mol. The second-order valence-corrected chi connectivity index (χ2v) is 3.73. The highest BCUT2D eigenvalue weighted by Crippen LogP contribution is 2.12. The lowest BCUT2D eigenvalue weighted by Crippen LogP contribution is -2.37. The Morgan fingerprint density at radius 1 is 1.50 bits per heavy atom. The minimum atomic E-state index is -0.607. The second-order valence-electron chi connectivity index (χ2n) is 3.73. The number of rotatable bonds is 3. The Labute approximate surface area is 84.0 Å². The Bertz CT molecular complexity index is 221. The molecule has 1 N–H and O–H groups in total. The molecule has 0 radical (unpaired) electrons. The molecule has 1 fully saturated rings. The minimum absolute atomic E-state index is 0.0782. The molecule has 0 spiro atoms. The standard InChI is InChI=1S/C10H17NO3/c1-7(12)8(2)14-10(13)9-4-3-5-11-6-9/h8-9,11H,3-6H2,1-2H3. The third-order valence-electron chi connectivity index (χ3n) is 2.50. The highest BCUT2D eigenvalue weighted by atomic mass is 16.5. The van der Waals surface area contributed by atoms with Crippen molar-refractivity contribution in [3.8, 4) is 0 Å². The van der Waals surface area contributed by atoms with Gasteiger partial charge in [-0.3, -0.25) is 9.59 Å². The monoisotopic (exact) mass is 199 g/mol. The van der Waals surface area contributed by atoms with Crippen molar-refractivity contribution in [2.24, 2.45) is 5.92 Å². The Kier molecular flexibility index (Phi) is 4.07. The van der Waals surface area contributed by atoms with E-state index in [-0.39, 0.29) is 17.7 Å². The average Bonchev–Trinajstić information content (AvgIpc) is 2.19. The van der Waals surface area contributed by atoms with E-state index in [0.717, 1.165) is 19.4 Å². The first kappa shape index (κ1) is 11.2. The van der Waals surface area contributed by atoms with Crippen LogP contribution in [0.25, 0.3) is 0 Å². The molecule has 0 aliphatic carbocycles. The number of carbonyl (C=O) groups excluding carboxylic acids is 2. The van der Waals surface area contributed by atoms with Crippen LogP contribution in [0.2, 0.25) is 0 Å². The van der Waals surface area contributed by atoms with Crippen LogP contribution in [0.15, 0.2) is 0 Å². The molecule has 1 aliphatic rings. The number of ketones is 1. The molecule has 0 bridgehead atoms. The van der Waals surface area contributed by atoms with Crippen LogP contribution in [-0.2, 0) is 14.3 Å². The maximum atomic E-state index is 11.5. The lowest BCUT2D eigenvalue weighted by atomic mass is 10.00. The van der Waals surface area contributed by atoms with Gasteiger partial charge >= 0.3 is 5.97 Å². The second kappa shape index (κ2) is 5.10. The van der Waals surface area contributed by atoms with Gasteiger partial charge in [-0.1, -0.05) is 0 Å². The van der Waals surface area contributed by atoms with Gasteiger partial charge in [-0.15, -0.1) is 0 Å². The van der Waals surface area contributed by atoms with Gasteiger partial charge in [-0.05, 0) is 33.2 Å². The van der Waals surface area contributed by atoms with Crippen molar-refractivity contribution in [2.75, 3.05) is 13.1 Å². The molecule has 1 rings (SSSR count). The Hall–Kier alpha value is -0.900. The van der Waals surface area contributed by atoms with Crippen LogP contribution < -0.4 is 5.32 Å². The largest absolute Gasteiger partial charge is 0.454 e. The third kappa shape index (κ3) is 3.10. The zero-order valence-electron chi connectivity index (χ0n) is 8.71. The summed E-state index contributed by atoms with van der Waals surface area (Å²) >= 11 is 0. The summed E-state index contributed by atoms with van der Waals surface area (Å²) in [6.07, 6.45) is 1.24. The summed E-state index contributed by atoms with van der Waals surface area (Å²) < 4.78 is 5.02. The Balaban J connectivity index is 2.36. The van der Waals surface area contributed by atoms with E-state index in [1.54, 1.807) is 6.92 Å². The SMILES string of the molecule is CC(=O)C(C)OC(=O)C1CCCNC1. The first-order valence-corrected chi connectivity index (χ1v) is 5.03. The molecule has 0 aromatic heterocycles. The van der Waals surface area contributed by atoms with Crippen LogP contribution in [0.3, 0.4) is 0 Å². The number of piperidine rings is 1. The van der Waals surface area contributed by atoms with Crippen molar-refractivity contribution in [1.29, 1.82) is 0 Å². The Morgan fingerprint density at radius 2 is 2.21 bits per heavy atom. The van der Waals surface area contributed by atoms with E-state index in [1.165, 1.54) is 6.92 Å². The summed E-state index contributed by atoms with van der Waals surface area (Å²) in [7, 11) is 0. The first-order valence-electron chi connectivity index (χ1n) is 5.03. The van der Waals surface area contributed by atoms with Crippen LogP contribution >= 0.6 is 0 Å². The molecule has 2 atom stereocenters. The Morgan fingerprint density at radius 3 is 2.71 bits per heavy atom. The van der Waals surface area contributed by atoms with E-state index >= 15 is 0 Å². The minimum Gasteiger partial charge on any atom is -0.454 e. The third-order valence-corrected chi connectivity index (χ3v) is 2.50. The summed E-state index contributed by atoms with van der Waals surface area (Å²) in [5.74, 6) is -0.437. The fourth-order valence-corrected chi connectivity index (χ4v) is 1.41. The van der Waals surface area contributed by atoms with Crippen molar-refractivity contribution in [3.05, 3.63) is 0 Å². The van der Waals surface area contributed by atoms with Gasteiger partial charge < -0.3 is 10.1 Å². The number of ether oxygens (including phenoxy) is 1. The lowest BCUT2D eigenvalue weighted by molar-refractivity contribution is -0.158. The van der Waals surface area contributed by atoms with E-state index in [1.807, 2.05) is 0 Å². The van der Waals surface area contributed by atoms with Crippen LogP contribution in [-0.4, -0.2) is 30.9 Å².